The van der Waals surface area contributed by atoms with Gasteiger partial charge >= 0.3 is 6.09 Å². The van der Waals surface area contributed by atoms with Gasteiger partial charge in [0.05, 0.1) is 17.4 Å². The smallest absolute Gasteiger partial charge is 0.410 e. The van der Waals surface area contributed by atoms with Gasteiger partial charge in [0.25, 0.3) is 0 Å². The molecule has 13 heteroatoms. The van der Waals surface area contributed by atoms with Crippen LogP contribution in [0.2, 0.25) is 10.2 Å². The molecule has 0 aliphatic heterocycles. The molecule has 0 aliphatic rings. The maximum Gasteiger partial charge on any atom is 0.412 e. The standard InChI is InChI=1S/C30H24Cl2N8O3/c1-33-30(42)43-23-11-7-20(8-12-23)25-17-24(29(32)37-36-25)26(15-19-5-3-2-4-6-19)35-28(41)14-9-21-16-22(31)10-13-27(21)40-18-34-38-39-40/h2-14,16-18,26H,15H2,1H3,(H,33,42)(H,35,41). The number of tetrazole rings is 1. The zero-order chi connectivity index (χ0) is 30.2. The summed E-state index contributed by atoms with van der Waals surface area (Å²) in [4.78, 5) is 24.8. The van der Waals surface area contributed by atoms with Gasteiger partial charge in [-0.2, -0.15) is 4.68 Å². The van der Waals surface area contributed by atoms with E-state index in [2.05, 4.69) is 36.4 Å². The van der Waals surface area contributed by atoms with Crippen LogP contribution in [0.15, 0.2) is 91.3 Å². The van der Waals surface area contributed by atoms with Crippen LogP contribution in [0.25, 0.3) is 23.0 Å². The van der Waals surface area contributed by atoms with Crippen LogP contribution >= 0.6 is 23.2 Å². The number of carbonyl (C=O) groups excluding carboxylic acids is 2. The first-order chi connectivity index (χ1) is 20.9. The monoisotopic (exact) mass is 614 g/mol. The van der Waals surface area contributed by atoms with Crippen LogP contribution in [-0.4, -0.2) is 49.5 Å². The minimum absolute atomic E-state index is 0.157. The lowest BCUT2D eigenvalue weighted by molar-refractivity contribution is -0.117. The summed E-state index contributed by atoms with van der Waals surface area (Å²) in [5, 5.41) is 25.8. The summed E-state index contributed by atoms with van der Waals surface area (Å²) in [5.74, 6) is 0.00268. The minimum atomic E-state index is -0.572. The Hall–Kier alpha value is -5.13. The van der Waals surface area contributed by atoms with Crippen LogP contribution in [0.3, 0.4) is 0 Å². The van der Waals surface area contributed by atoms with E-state index in [1.807, 2.05) is 30.3 Å². The fourth-order valence-corrected chi connectivity index (χ4v) is 4.65. The zero-order valence-corrected chi connectivity index (χ0v) is 24.2. The van der Waals surface area contributed by atoms with Gasteiger partial charge in [-0.25, -0.2) is 4.79 Å². The first kappa shape index (κ1) is 29.4. The summed E-state index contributed by atoms with van der Waals surface area (Å²) in [7, 11) is 1.48. The third-order valence-corrected chi connectivity index (χ3v) is 6.84. The third kappa shape index (κ3) is 7.59. The number of halogens is 2. The van der Waals surface area contributed by atoms with Crippen LogP contribution in [0, 0.1) is 0 Å². The lowest BCUT2D eigenvalue weighted by Gasteiger charge is -2.20. The zero-order valence-electron chi connectivity index (χ0n) is 22.7. The highest BCUT2D eigenvalue weighted by molar-refractivity contribution is 6.31. The van der Waals surface area contributed by atoms with Gasteiger partial charge in [0.15, 0.2) is 5.15 Å². The van der Waals surface area contributed by atoms with Crippen LogP contribution < -0.4 is 15.4 Å². The highest BCUT2D eigenvalue weighted by Crippen LogP contribution is 2.29. The minimum Gasteiger partial charge on any atom is -0.410 e. The molecule has 2 amide bonds. The number of carbonyl (C=O) groups is 2. The van der Waals surface area contributed by atoms with Gasteiger partial charge in [-0.3, -0.25) is 4.79 Å². The Balaban J connectivity index is 1.42. The van der Waals surface area contributed by atoms with Crippen molar-refractivity contribution in [3.63, 3.8) is 0 Å². The van der Waals surface area contributed by atoms with Gasteiger partial charge in [-0.1, -0.05) is 53.5 Å². The Bertz CT molecular complexity index is 1750. The molecule has 5 rings (SSSR count). The molecule has 5 aromatic rings. The molecule has 1 atom stereocenters. The SMILES string of the molecule is CNC(=O)Oc1ccc(-c2cc(C(Cc3ccccc3)NC(=O)C=Cc3cc(Cl)ccc3-n3cnnn3)c(Cl)nn2)cc1. The molecule has 0 saturated heterocycles. The van der Waals surface area contributed by atoms with E-state index in [9.17, 15) is 9.59 Å². The van der Waals surface area contributed by atoms with Crippen molar-refractivity contribution in [3.8, 4) is 22.7 Å². The Morgan fingerprint density at radius 1 is 1.00 bits per heavy atom. The van der Waals surface area contributed by atoms with Crippen molar-refractivity contribution in [2.24, 2.45) is 0 Å². The average molecular weight is 615 g/mol. The van der Waals surface area contributed by atoms with Crippen LogP contribution in [0.5, 0.6) is 5.75 Å². The summed E-state index contributed by atoms with van der Waals surface area (Å²) in [6.07, 6.45) is 4.37. The first-order valence-electron chi connectivity index (χ1n) is 13.0. The van der Waals surface area contributed by atoms with E-state index in [-0.39, 0.29) is 11.1 Å². The number of nitrogens with one attached hydrogen (secondary N) is 2. The highest BCUT2D eigenvalue weighted by Gasteiger charge is 2.20. The number of hydrogen-bond donors (Lipinski definition) is 2. The summed E-state index contributed by atoms with van der Waals surface area (Å²) < 4.78 is 6.64. The molecule has 0 bridgehead atoms. The van der Waals surface area contributed by atoms with Gasteiger partial charge < -0.3 is 15.4 Å². The molecule has 1 unspecified atom stereocenters. The maximum atomic E-state index is 13.3. The molecule has 0 spiro atoms. The predicted octanol–water partition coefficient (Wildman–Crippen LogP) is 5.26. The van der Waals surface area contributed by atoms with Gasteiger partial charge in [0, 0.05) is 34.8 Å². The Labute approximate surface area is 256 Å². The van der Waals surface area contributed by atoms with Crippen molar-refractivity contribution >= 4 is 41.3 Å². The molecular weight excluding hydrogens is 591 g/mol. The Morgan fingerprint density at radius 3 is 2.51 bits per heavy atom. The summed E-state index contributed by atoms with van der Waals surface area (Å²) in [6, 6.07) is 22.9. The molecule has 0 radical (unpaired) electrons. The number of rotatable bonds is 9. The molecule has 43 heavy (non-hydrogen) atoms. The summed E-state index contributed by atoms with van der Waals surface area (Å²) in [5.41, 5.74) is 4.10. The maximum absolute atomic E-state index is 13.3. The average Bonchev–Trinajstić information content (AvgIpc) is 3.56. The topological polar surface area (TPSA) is 137 Å². The Morgan fingerprint density at radius 2 is 1.79 bits per heavy atom. The number of hydrogen-bond acceptors (Lipinski definition) is 8. The van der Waals surface area contributed by atoms with E-state index in [4.69, 9.17) is 27.9 Å². The fraction of sp³-hybridized carbons (Fsp3) is 0.100. The second-order valence-corrected chi connectivity index (χ2v) is 9.98. The molecule has 216 valence electrons. The molecule has 0 fully saturated rings. The van der Waals surface area contributed by atoms with Gasteiger partial charge in [-0.05, 0) is 77.0 Å². The summed E-state index contributed by atoms with van der Waals surface area (Å²) in [6.45, 7) is 0. The van der Waals surface area contributed by atoms with Crippen LogP contribution in [0.1, 0.15) is 22.7 Å². The largest absolute Gasteiger partial charge is 0.412 e. The highest BCUT2D eigenvalue weighted by atomic mass is 35.5. The molecule has 0 saturated carbocycles. The Kier molecular flexibility index (Phi) is 9.35. The van der Waals surface area contributed by atoms with Gasteiger partial charge in [0.1, 0.15) is 12.1 Å². The molecule has 11 nitrogen and oxygen atoms in total. The molecule has 2 N–H and O–H groups in total. The van der Waals surface area contributed by atoms with Crippen LogP contribution in [-0.2, 0) is 11.2 Å². The normalized spacial score (nSPS) is 11.7. The predicted molar refractivity (Wildman–Crippen MR) is 162 cm³/mol. The quantitative estimate of drug-likeness (QED) is 0.215. The van der Waals surface area contributed by atoms with Crippen LogP contribution in [0.4, 0.5) is 4.79 Å². The van der Waals surface area contributed by atoms with Crippen molar-refractivity contribution in [2.75, 3.05) is 7.05 Å². The first-order valence-corrected chi connectivity index (χ1v) is 13.7. The van der Waals surface area contributed by atoms with E-state index in [0.29, 0.717) is 39.7 Å². The number of amides is 2. The number of ether oxygens (including phenoxy) is 1. The van der Waals surface area contributed by atoms with Crippen molar-refractivity contribution in [2.45, 2.75) is 12.5 Å². The fourth-order valence-electron chi connectivity index (χ4n) is 4.24. The third-order valence-electron chi connectivity index (χ3n) is 6.31. The molecule has 0 aliphatic carbocycles. The molecule has 2 aromatic heterocycles. The lowest BCUT2D eigenvalue weighted by atomic mass is 9.98. The lowest BCUT2D eigenvalue weighted by Crippen LogP contribution is -2.29. The van der Waals surface area contributed by atoms with Gasteiger partial charge in [0.2, 0.25) is 5.91 Å². The van der Waals surface area contributed by atoms with E-state index < -0.39 is 12.1 Å². The second kappa shape index (κ2) is 13.7. The second-order valence-electron chi connectivity index (χ2n) is 9.18. The number of aromatic nitrogens is 6. The molecular formula is C30H24Cl2N8O3. The van der Waals surface area contributed by atoms with E-state index in [0.717, 1.165) is 11.1 Å². The van der Waals surface area contributed by atoms with E-state index in [1.54, 1.807) is 54.6 Å². The van der Waals surface area contributed by atoms with Gasteiger partial charge in [-0.15, -0.1) is 15.3 Å². The van der Waals surface area contributed by atoms with E-state index in [1.165, 1.54) is 24.1 Å². The van der Waals surface area contributed by atoms with Crippen molar-refractivity contribution in [1.82, 2.24) is 41.0 Å². The van der Waals surface area contributed by atoms with Crippen molar-refractivity contribution in [3.05, 3.63) is 118 Å². The summed E-state index contributed by atoms with van der Waals surface area (Å²) >= 11 is 12.8. The number of nitrogens with zero attached hydrogens (tertiary/aromatic N) is 6. The number of benzene rings is 3. The molecule has 2 heterocycles. The molecule has 3 aromatic carbocycles. The van der Waals surface area contributed by atoms with Crippen molar-refractivity contribution < 1.29 is 14.3 Å². The van der Waals surface area contributed by atoms with Crippen molar-refractivity contribution in [1.29, 1.82) is 0 Å². The van der Waals surface area contributed by atoms with E-state index >= 15 is 0 Å².